The number of nitrogen functional groups attached to an aromatic ring is 1. The molecule has 0 heterocycles. The molecule has 2 aromatic rings. The number of halogens is 3. The average molecular weight is 396 g/mol. The van der Waals surface area contributed by atoms with Crippen LogP contribution in [0.3, 0.4) is 0 Å². The SMILES string of the molecule is COC(=O)c1ccc(NC(=O)CCc2ccccc2N)c(OCC(F)(F)F)c1. The Labute approximate surface area is 159 Å². The lowest BCUT2D eigenvalue weighted by Crippen LogP contribution is -2.21. The van der Waals surface area contributed by atoms with Crippen LogP contribution < -0.4 is 15.8 Å². The zero-order valence-electron chi connectivity index (χ0n) is 15.0. The first-order valence-corrected chi connectivity index (χ1v) is 8.25. The van der Waals surface area contributed by atoms with E-state index >= 15 is 0 Å². The molecular formula is C19H19F3N2O4. The lowest BCUT2D eigenvalue weighted by atomic mass is 10.1. The van der Waals surface area contributed by atoms with E-state index in [4.69, 9.17) is 10.5 Å². The molecule has 3 N–H and O–H groups in total. The van der Waals surface area contributed by atoms with Crippen LogP contribution in [-0.4, -0.2) is 31.8 Å². The Kier molecular flexibility index (Phi) is 6.86. The van der Waals surface area contributed by atoms with Gasteiger partial charge in [0.2, 0.25) is 5.91 Å². The number of nitrogens with two attached hydrogens (primary N) is 1. The van der Waals surface area contributed by atoms with E-state index in [1.54, 1.807) is 24.3 Å². The summed E-state index contributed by atoms with van der Waals surface area (Å²) in [7, 11) is 1.14. The predicted octanol–water partition coefficient (Wildman–Crippen LogP) is 3.57. The number of methoxy groups -OCH3 is 1. The number of amides is 1. The number of nitrogens with one attached hydrogen (secondary N) is 1. The molecule has 0 saturated carbocycles. The summed E-state index contributed by atoms with van der Waals surface area (Å²) in [5.74, 6) is -1.46. The molecule has 2 aromatic carbocycles. The smallest absolute Gasteiger partial charge is 0.422 e. The van der Waals surface area contributed by atoms with E-state index in [0.717, 1.165) is 18.7 Å². The van der Waals surface area contributed by atoms with E-state index in [9.17, 15) is 22.8 Å². The van der Waals surface area contributed by atoms with E-state index in [1.165, 1.54) is 12.1 Å². The summed E-state index contributed by atoms with van der Waals surface area (Å²) in [6.45, 7) is -1.57. The zero-order chi connectivity index (χ0) is 20.7. The van der Waals surface area contributed by atoms with Crippen molar-refractivity contribution in [1.29, 1.82) is 0 Å². The molecule has 0 unspecified atom stereocenters. The van der Waals surface area contributed by atoms with Gasteiger partial charge in [-0.1, -0.05) is 18.2 Å². The molecular weight excluding hydrogens is 377 g/mol. The van der Waals surface area contributed by atoms with Crippen molar-refractivity contribution in [3.8, 4) is 5.75 Å². The summed E-state index contributed by atoms with van der Waals surface area (Å²) >= 11 is 0. The van der Waals surface area contributed by atoms with Crippen molar-refractivity contribution in [1.82, 2.24) is 0 Å². The van der Waals surface area contributed by atoms with Crippen LogP contribution in [0.1, 0.15) is 22.3 Å². The van der Waals surface area contributed by atoms with E-state index in [2.05, 4.69) is 10.1 Å². The minimum absolute atomic E-state index is 0.00488. The van der Waals surface area contributed by atoms with Crippen molar-refractivity contribution in [3.05, 3.63) is 53.6 Å². The van der Waals surface area contributed by atoms with Crippen LogP contribution in [0.5, 0.6) is 5.75 Å². The number of hydrogen-bond donors (Lipinski definition) is 2. The predicted molar refractivity (Wildman–Crippen MR) is 97.1 cm³/mol. The standard InChI is InChI=1S/C19H19F3N2O4/c1-27-18(26)13-6-8-15(16(10-13)28-11-19(20,21)22)24-17(25)9-7-12-4-2-3-5-14(12)23/h2-6,8,10H,7,9,11,23H2,1H3,(H,24,25). The average Bonchev–Trinajstić information content (AvgIpc) is 2.65. The van der Waals surface area contributed by atoms with E-state index in [1.807, 2.05) is 0 Å². The van der Waals surface area contributed by atoms with E-state index in [0.29, 0.717) is 12.1 Å². The molecule has 0 bridgehead atoms. The Morgan fingerprint density at radius 1 is 1.14 bits per heavy atom. The van der Waals surface area contributed by atoms with Crippen molar-refractivity contribution >= 4 is 23.3 Å². The van der Waals surface area contributed by atoms with Crippen molar-refractivity contribution in [3.63, 3.8) is 0 Å². The molecule has 150 valence electrons. The highest BCUT2D eigenvalue weighted by Crippen LogP contribution is 2.29. The van der Waals surface area contributed by atoms with Gasteiger partial charge in [-0.05, 0) is 36.2 Å². The number of hydrogen-bond acceptors (Lipinski definition) is 5. The fourth-order valence-corrected chi connectivity index (χ4v) is 2.37. The minimum atomic E-state index is -4.58. The topological polar surface area (TPSA) is 90.7 Å². The molecule has 0 atom stereocenters. The molecule has 0 aliphatic heterocycles. The molecule has 1 amide bonds. The van der Waals surface area contributed by atoms with Crippen LogP contribution in [-0.2, 0) is 16.0 Å². The quantitative estimate of drug-likeness (QED) is 0.552. The van der Waals surface area contributed by atoms with Crippen LogP contribution in [0.15, 0.2) is 42.5 Å². The van der Waals surface area contributed by atoms with Crippen molar-refractivity contribution in [2.45, 2.75) is 19.0 Å². The number of esters is 1. The van der Waals surface area contributed by atoms with Crippen LogP contribution in [0, 0.1) is 0 Å². The van der Waals surface area contributed by atoms with E-state index in [-0.39, 0.29) is 23.4 Å². The van der Waals surface area contributed by atoms with Crippen molar-refractivity contribution in [2.24, 2.45) is 0 Å². The number of benzene rings is 2. The molecule has 9 heteroatoms. The third kappa shape index (κ3) is 6.19. The van der Waals surface area contributed by atoms with Gasteiger partial charge >= 0.3 is 12.1 Å². The number of anilines is 2. The number of carbonyl (C=O) groups is 2. The van der Waals surface area contributed by atoms with E-state index < -0.39 is 24.7 Å². The second-order valence-corrected chi connectivity index (χ2v) is 5.85. The van der Waals surface area contributed by atoms with Gasteiger partial charge in [-0.2, -0.15) is 13.2 Å². The Balaban J connectivity index is 2.12. The maximum atomic E-state index is 12.5. The van der Waals surface area contributed by atoms with Gasteiger partial charge in [0.25, 0.3) is 0 Å². The largest absolute Gasteiger partial charge is 0.482 e. The Morgan fingerprint density at radius 2 is 1.86 bits per heavy atom. The lowest BCUT2D eigenvalue weighted by molar-refractivity contribution is -0.153. The van der Waals surface area contributed by atoms with Gasteiger partial charge in [0.15, 0.2) is 6.61 Å². The summed E-state index contributed by atoms with van der Waals surface area (Å²) in [5, 5.41) is 2.50. The minimum Gasteiger partial charge on any atom is -0.482 e. The van der Waals surface area contributed by atoms with Crippen LogP contribution in [0.2, 0.25) is 0 Å². The number of alkyl halides is 3. The fraction of sp³-hybridized carbons (Fsp3) is 0.263. The number of carbonyl (C=O) groups excluding carboxylic acids is 2. The van der Waals surface area contributed by atoms with Crippen LogP contribution in [0.4, 0.5) is 24.5 Å². The summed E-state index contributed by atoms with van der Waals surface area (Å²) in [6, 6.07) is 10.7. The maximum absolute atomic E-state index is 12.5. The Morgan fingerprint density at radius 3 is 2.50 bits per heavy atom. The summed E-state index contributed by atoms with van der Waals surface area (Å²) in [5.41, 5.74) is 7.16. The first-order chi connectivity index (χ1) is 13.2. The van der Waals surface area contributed by atoms with Gasteiger partial charge in [0.05, 0.1) is 18.4 Å². The maximum Gasteiger partial charge on any atom is 0.422 e. The lowest BCUT2D eigenvalue weighted by Gasteiger charge is -2.15. The highest BCUT2D eigenvalue weighted by atomic mass is 19.4. The van der Waals surface area contributed by atoms with Crippen LogP contribution >= 0.6 is 0 Å². The number of para-hydroxylation sites is 1. The van der Waals surface area contributed by atoms with Gasteiger partial charge < -0.3 is 20.5 Å². The molecule has 28 heavy (non-hydrogen) atoms. The Bertz CT molecular complexity index is 853. The first kappa shape index (κ1) is 21.1. The zero-order valence-corrected chi connectivity index (χ0v) is 15.0. The first-order valence-electron chi connectivity index (χ1n) is 8.25. The summed E-state index contributed by atoms with van der Waals surface area (Å²) in [4.78, 5) is 23.8. The number of aryl methyl sites for hydroxylation is 1. The highest BCUT2D eigenvalue weighted by molar-refractivity contribution is 5.95. The third-order valence-electron chi connectivity index (χ3n) is 3.74. The molecule has 0 aromatic heterocycles. The second-order valence-electron chi connectivity index (χ2n) is 5.85. The van der Waals surface area contributed by atoms with Gasteiger partial charge in [0.1, 0.15) is 5.75 Å². The van der Waals surface area contributed by atoms with Gasteiger partial charge in [0, 0.05) is 12.1 Å². The van der Waals surface area contributed by atoms with Gasteiger partial charge in [-0.3, -0.25) is 4.79 Å². The summed E-state index contributed by atoms with van der Waals surface area (Å²) < 4.78 is 46.8. The molecule has 2 rings (SSSR count). The Hall–Kier alpha value is -3.23. The molecule has 0 spiro atoms. The second kappa shape index (κ2) is 9.12. The molecule has 0 radical (unpaired) electrons. The van der Waals surface area contributed by atoms with Gasteiger partial charge in [-0.15, -0.1) is 0 Å². The third-order valence-corrected chi connectivity index (χ3v) is 3.74. The number of ether oxygens (including phenoxy) is 2. The van der Waals surface area contributed by atoms with Crippen molar-refractivity contribution in [2.75, 3.05) is 24.8 Å². The molecule has 6 nitrogen and oxygen atoms in total. The normalized spacial score (nSPS) is 11.0. The molecule has 0 aliphatic carbocycles. The highest BCUT2D eigenvalue weighted by Gasteiger charge is 2.29. The van der Waals surface area contributed by atoms with Crippen LogP contribution in [0.25, 0.3) is 0 Å². The van der Waals surface area contributed by atoms with Gasteiger partial charge in [-0.25, -0.2) is 4.79 Å². The van der Waals surface area contributed by atoms with Crippen molar-refractivity contribution < 1.29 is 32.2 Å². The monoisotopic (exact) mass is 396 g/mol. The molecule has 0 fully saturated rings. The number of rotatable bonds is 7. The molecule has 0 aliphatic rings. The summed E-state index contributed by atoms with van der Waals surface area (Å²) in [6.07, 6.45) is -4.16. The fourth-order valence-electron chi connectivity index (χ4n) is 2.37. The molecule has 0 saturated heterocycles.